The van der Waals surface area contributed by atoms with Crippen LogP contribution < -0.4 is 9.30 Å². The maximum absolute atomic E-state index is 8.63. The SMILES string of the molecule is OCOc1c[n+](Cc2ccccc2)ccn1. The van der Waals surface area contributed by atoms with Crippen LogP contribution in [-0.2, 0) is 6.54 Å². The van der Waals surface area contributed by atoms with Crippen molar-refractivity contribution >= 4 is 0 Å². The highest BCUT2D eigenvalue weighted by Gasteiger charge is 2.05. The van der Waals surface area contributed by atoms with E-state index in [0.717, 1.165) is 6.54 Å². The molecule has 0 spiro atoms. The van der Waals surface area contributed by atoms with Crippen molar-refractivity contribution in [3.63, 3.8) is 0 Å². The van der Waals surface area contributed by atoms with Gasteiger partial charge in [0.25, 0.3) is 5.88 Å². The number of nitrogens with zero attached hydrogens (tertiary/aromatic N) is 2. The summed E-state index contributed by atoms with van der Waals surface area (Å²) in [6, 6.07) is 10.1. The zero-order chi connectivity index (χ0) is 11.2. The van der Waals surface area contributed by atoms with Crippen LogP contribution in [0.5, 0.6) is 5.88 Å². The minimum absolute atomic E-state index is 0.359. The van der Waals surface area contributed by atoms with Crippen LogP contribution in [0.3, 0.4) is 0 Å². The summed E-state index contributed by atoms with van der Waals surface area (Å²) in [5.41, 5.74) is 1.20. The molecule has 0 atom stereocenters. The van der Waals surface area contributed by atoms with Crippen molar-refractivity contribution in [3.05, 3.63) is 54.5 Å². The van der Waals surface area contributed by atoms with E-state index in [1.54, 1.807) is 12.4 Å². The maximum atomic E-state index is 8.63. The third-order valence-electron chi connectivity index (χ3n) is 2.16. The summed E-state index contributed by atoms with van der Waals surface area (Å²) < 4.78 is 6.86. The highest BCUT2D eigenvalue weighted by Crippen LogP contribution is 2.01. The molecule has 0 aliphatic carbocycles. The maximum Gasteiger partial charge on any atom is 0.282 e. The summed E-state index contributed by atoms with van der Waals surface area (Å²) in [7, 11) is 0. The quantitative estimate of drug-likeness (QED) is 0.607. The summed E-state index contributed by atoms with van der Waals surface area (Å²) in [4.78, 5) is 3.97. The molecule has 0 unspecified atom stereocenters. The lowest BCUT2D eigenvalue weighted by molar-refractivity contribution is -0.689. The first-order chi connectivity index (χ1) is 7.88. The van der Waals surface area contributed by atoms with Gasteiger partial charge in [0, 0.05) is 5.56 Å². The third-order valence-corrected chi connectivity index (χ3v) is 2.16. The second kappa shape index (κ2) is 5.23. The van der Waals surface area contributed by atoms with Crippen LogP contribution in [0.1, 0.15) is 5.56 Å². The normalized spacial score (nSPS) is 10.1. The Morgan fingerprint density at radius 1 is 1.25 bits per heavy atom. The summed E-state index contributed by atoms with van der Waals surface area (Å²) in [6.07, 6.45) is 5.26. The molecule has 1 N–H and O–H groups in total. The number of rotatable bonds is 4. The molecule has 0 bridgehead atoms. The second-order valence-electron chi connectivity index (χ2n) is 3.33. The fraction of sp³-hybridized carbons (Fsp3) is 0.167. The molecule has 0 saturated heterocycles. The van der Waals surface area contributed by atoms with Gasteiger partial charge in [-0.05, 0) is 0 Å². The largest absolute Gasteiger partial charge is 0.446 e. The molecule has 1 aromatic carbocycles. The first-order valence-electron chi connectivity index (χ1n) is 5.01. The number of aliphatic hydroxyl groups is 1. The summed E-state index contributed by atoms with van der Waals surface area (Å²) in [5.74, 6) is 0.418. The molecular formula is C12H13N2O2+. The standard InChI is InChI=1S/C12H13N2O2/c15-10-16-12-9-14(7-6-13-12)8-11-4-2-1-3-5-11/h1-7,9,15H,8,10H2/q+1. The van der Waals surface area contributed by atoms with Crippen LogP contribution >= 0.6 is 0 Å². The number of hydrogen-bond acceptors (Lipinski definition) is 3. The van der Waals surface area contributed by atoms with Gasteiger partial charge in [-0.3, -0.25) is 0 Å². The molecule has 1 aromatic heterocycles. The summed E-state index contributed by atoms with van der Waals surface area (Å²) >= 11 is 0. The Labute approximate surface area is 93.8 Å². The van der Waals surface area contributed by atoms with Gasteiger partial charge in [0.1, 0.15) is 0 Å². The second-order valence-corrected chi connectivity index (χ2v) is 3.33. The predicted octanol–water partition coefficient (Wildman–Crippen LogP) is 0.746. The topological polar surface area (TPSA) is 46.2 Å². The van der Waals surface area contributed by atoms with Gasteiger partial charge in [-0.25, -0.2) is 4.98 Å². The highest BCUT2D eigenvalue weighted by atomic mass is 16.6. The first kappa shape index (κ1) is 10.6. The first-order valence-corrected chi connectivity index (χ1v) is 5.01. The van der Waals surface area contributed by atoms with Gasteiger partial charge in [0.15, 0.2) is 19.5 Å². The van der Waals surface area contributed by atoms with Gasteiger partial charge >= 0.3 is 0 Å². The zero-order valence-corrected chi connectivity index (χ0v) is 8.78. The van der Waals surface area contributed by atoms with Crippen LogP contribution in [0.2, 0.25) is 0 Å². The monoisotopic (exact) mass is 217 g/mol. The fourth-order valence-corrected chi connectivity index (χ4v) is 1.44. The zero-order valence-electron chi connectivity index (χ0n) is 8.78. The molecular weight excluding hydrogens is 204 g/mol. The Kier molecular flexibility index (Phi) is 3.46. The van der Waals surface area contributed by atoms with E-state index >= 15 is 0 Å². The van der Waals surface area contributed by atoms with Gasteiger partial charge in [-0.1, -0.05) is 30.3 Å². The summed E-state index contributed by atoms with van der Waals surface area (Å²) in [5, 5.41) is 8.63. The van der Waals surface area contributed by atoms with E-state index in [-0.39, 0.29) is 6.79 Å². The van der Waals surface area contributed by atoms with Gasteiger partial charge < -0.3 is 9.84 Å². The van der Waals surface area contributed by atoms with Crippen LogP contribution in [0.15, 0.2) is 48.9 Å². The Morgan fingerprint density at radius 2 is 2.06 bits per heavy atom. The van der Waals surface area contributed by atoms with Crippen molar-refractivity contribution in [2.24, 2.45) is 0 Å². The number of benzene rings is 1. The molecule has 82 valence electrons. The third kappa shape index (κ3) is 2.77. The van der Waals surface area contributed by atoms with E-state index in [0.29, 0.717) is 5.88 Å². The molecule has 16 heavy (non-hydrogen) atoms. The molecule has 2 rings (SSSR count). The van der Waals surface area contributed by atoms with E-state index < -0.39 is 0 Å². The fourth-order valence-electron chi connectivity index (χ4n) is 1.44. The van der Waals surface area contributed by atoms with Crippen LogP contribution in [0.4, 0.5) is 0 Å². The minimum Gasteiger partial charge on any atom is -0.446 e. The van der Waals surface area contributed by atoms with E-state index in [1.165, 1.54) is 5.56 Å². The van der Waals surface area contributed by atoms with Crippen molar-refractivity contribution in [2.45, 2.75) is 6.54 Å². The molecule has 0 radical (unpaired) electrons. The van der Waals surface area contributed by atoms with Gasteiger partial charge in [0.2, 0.25) is 6.20 Å². The molecule has 1 heterocycles. The molecule has 4 heteroatoms. The van der Waals surface area contributed by atoms with E-state index in [9.17, 15) is 0 Å². The average molecular weight is 217 g/mol. The molecule has 0 fully saturated rings. The van der Waals surface area contributed by atoms with Crippen LogP contribution in [0.25, 0.3) is 0 Å². The van der Waals surface area contributed by atoms with Crippen molar-refractivity contribution in [3.8, 4) is 5.88 Å². The van der Waals surface area contributed by atoms with Gasteiger partial charge in [-0.15, -0.1) is 0 Å². The highest BCUT2D eigenvalue weighted by molar-refractivity contribution is 5.13. The lowest BCUT2D eigenvalue weighted by Gasteiger charge is -2.00. The van der Waals surface area contributed by atoms with Crippen molar-refractivity contribution in [1.82, 2.24) is 4.98 Å². The molecule has 2 aromatic rings. The predicted molar refractivity (Wildman–Crippen MR) is 57.7 cm³/mol. The van der Waals surface area contributed by atoms with E-state index in [1.807, 2.05) is 29.0 Å². The van der Waals surface area contributed by atoms with Crippen molar-refractivity contribution in [2.75, 3.05) is 6.79 Å². The lowest BCUT2D eigenvalue weighted by Crippen LogP contribution is -2.33. The average Bonchev–Trinajstić information content (AvgIpc) is 2.31. The lowest BCUT2D eigenvalue weighted by atomic mass is 10.2. The Bertz CT molecular complexity index is 446. The Balaban J connectivity index is 2.12. The Morgan fingerprint density at radius 3 is 2.81 bits per heavy atom. The van der Waals surface area contributed by atoms with Crippen molar-refractivity contribution < 1.29 is 14.4 Å². The molecule has 0 saturated carbocycles. The minimum atomic E-state index is -0.359. The Hall–Kier alpha value is -1.94. The van der Waals surface area contributed by atoms with E-state index in [4.69, 9.17) is 9.84 Å². The molecule has 0 aliphatic heterocycles. The van der Waals surface area contributed by atoms with Crippen LogP contribution in [0, 0.1) is 0 Å². The molecule has 0 amide bonds. The smallest absolute Gasteiger partial charge is 0.282 e. The molecule has 0 aliphatic rings. The van der Waals surface area contributed by atoms with Crippen LogP contribution in [-0.4, -0.2) is 16.9 Å². The summed E-state index contributed by atoms with van der Waals surface area (Å²) in [6.45, 7) is 0.396. The number of ether oxygens (including phenoxy) is 1. The van der Waals surface area contributed by atoms with E-state index in [2.05, 4.69) is 17.1 Å². The molecule has 4 nitrogen and oxygen atoms in total. The number of aromatic nitrogens is 2. The number of aliphatic hydroxyl groups excluding tert-OH is 1. The van der Waals surface area contributed by atoms with Gasteiger partial charge in [-0.2, -0.15) is 4.57 Å². The number of hydrogen-bond donors (Lipinski definition) is 1. The van der Waals surface area contributed by atoms with Gasteiger partial charge in [0.05, 0.1) is 6.20 Å². The van der Waals surface area contributed by atoms with Crippen molar-refractivity contribution in [1.29, 1.82) is 0 Å².